The van der Waals surface area contributed by atoms with Crippen molar-refractivity contribution in [2.75, 3.05) is 50.7 Å². The van der Waals surface area contributed by atoms with E-state index in [4.69, 9.17) is 11.6 Å². The summed E-state index contributed by atoms with van der Waals surface area (Å²) < 4.78 is 80.5. The molecule has 14 heteroatoms. The first-order valence-electron chi connectivity index (χ1n) is 10.8. The van der Waals surface area contributed by atoms with Gasteiger partial charge in [-0.1, -0.05) is 17.7 Å². The lowest BCUT2D eigenvalue weighted by atomic mass is 9.94. The number of halogens is 7. The SMILES string of the molecule is CC(=O)N1CCN(c2cc(Cl)ccc2CN2CCN(C(=O)O)C(C(C(F)(F)F)C(F)(F)F)C2)CC1. The van der Waals surface area contributed by atoms with Crippen LogP contribution in [0, 0.1) is 5.92 Å². The molecule has 196 valence electrons. The van der Waals surface area contributed by atoms with Crippen molar-refractivity contribution in [3.05, 3.63) is 28.8 Å². The fraction of sp³-hybridized carbons (Fsp3) is 0.619. The van der Waals surface area contributed by atoms with Crippen molar-refractivity contribution in [1.29, 1.82) is 0 Å². The average Bonchev–Trinajstić information content (AvgIpc) is 2.73. The molecule has 1 aromatic rings. The number of nitrogens with zero attached hydrogens (tertiary/aromatic N) is 4. The van der Waals surface area contributed by atoms with Gasteiger partial charge in [0, 0.05) is 70.0 Å². The first-order valence-corrected chi connectivity index (χ1v) is 11.2. The largest absolute Gasteiger partial charge is 0.465 e. The van der Waals surface area contributed by atoms with E-state index in [2.05, 4.69) is 0 Å². The number of alkyl halides is 6. The summed E-state index contributed by atoms with van der Waals surface area (Å²) in [6.07, 6.45) is -13.2. The first kappa shape index (κ1) is 27.2. The summed E-state index contributed by atoms with van der Waals surface area (Å²) in [5, 5.41) is 9.70. The fourth-order valence-electron chi connectivity index (χ4n) is 4.63. The lowest BCUT2D eigenvalue weighted by molar-refractivity contribution is -0.300. The number of hydrogen-bond acceptors (Lipinski definition) is 4. The number of amides is 2. The molecule has 2 fully saturated rings. The third-order valence-electron chi connectivity index (χ3n) is 6.35. The third kappa shape index (κ3) is 6.43. The molecule has 1 aromatic carbocycles. The molecule has 1 N–H and O–H groups in total. The minimum absolute atomic E-state index is 0.00577. The van der Waals surface area contributed by atoms with Crippen molar-refractivity contribution in [2.45, 2.75) is 31.9 Å². The summed E-state index contributed by atoms with van der Waals surface area (Å²) in [4.78, 5) is 28.3. The molecule has 0 spiro atoms. The van der Waals surface area contributed by atoms with E-state index in [1.54, 1.807) is 23.1 Å². The average molecular weight is 531 g/mol. The van der Waals surface area contributed by atoms with Gasteiger partial charge in [0.2, 0.25) is 5.91 Å². The zero-order chi connectivity index (χ0) is 26.1. The highest BCUT2D eigenvalue weighted by Crippen LogP contribution is 2.44. The lowest BCUT2D eigenvalue weighted by Crippen LogP contribution is -2.62. The Bertz CT molecular complexity index is 923. The summed E-state index contributed by atoms with van der Waals surface area (Å²) in [5.74, 6) is -3.87. The van der Waals surface area contributed by atoms with Crippen LogP contribution in [0.25, 0.3) is 0 Å². The smallest absolute Gasteiger partial charge is 0.407 e. The highest BCUT2D eigenvalue weighted by atomic mass is 35.5. The Balaban J connectivity index is 1.84. The van der Waals surface area contributed by atoms with Crippen molar-refractivity contribution in [1.82, 2.24) is 14.7 Å². The van der Waals surface area contributed by atoms with Gasteiger partial charge in [-0.15, -0.1) is 0 Å². The number of piperazine rings is 2. The van der Waals surface area contributed by atoms with Crippen LogP contribution in [0.3, 0.4) is 0 Å². The number of hydrogen-bond donors (Lipinski definition) is 1. The molecule has 0 aromatic heterocycles. The van der Waals surface area contributed by atoms with Crippen LogP contribution in [0.1, 0.15) is 12.5 Å². The van der Waals surface area contributed by atoms with Gasteiger partial charge in [-0.3, -0.25) is 9.69 Å². The fourth-order valence-corrected chi connectivity index (χ4v) is 4.79. The van der Waals surface area contributed by atoms with Crippen molar-refractivity contribution in [3.8, 4) is 0 Å². The van der Waals surface area contributed by atoms with Crippen LogP contribution in [0.5, 0.6) is 0 Å². The Kier molecular flexibility index (Phi) is 7.99. The van der Waals surface area contributed by atoms with Gasteiger partial charge >= 0.3 is 18.4 Å². The van der Waals surface area contributed by atoms with Crippen molar-refractivity contribution in [2.24, 2.45) is 5.92 Å². The van der Waals surface area contributed by atoms with Crippen LogP contribution < -0.4 is 4.90 Å². The third-order valence-corrected chi connectivity index (χ3v) is 6.58. The van der Waals surface area contributed by atoms with E-state index in [1.807, 2.05) is 4.90 Å². The second kappa shape index (κ2) is 10.3. The van der Waals surface area contributed by atoms with Gasteiger partial charge in [0.05, 0.1) is 6.04 Å². The number of carbonyl (C=O) groups excluding carboxylic acids is 1. The monoisotopic (exact) mass is 530 g/mol. The zero-order valence-corrected chi connectivity index (χ0v) is 19.5. The van der Waals surface area contributed by atoms with Crippen LogP contribution in [-0.4, -0.2) is 96.0 Å². The minimum Gasteiger partial charge on any atom is -0.465 e. The maximum absolute atomic E-state index is 13.4. The number of rotatable bonds is 4. The molecule has 2 aliphatic heterocycles. The number of anilines is 1. The van der Waals surface area contributed by atoms with Crippen LogP contribution >= 0.6 is 11.6 Å². The molecule has 1 unspecified atom stereocenters. The van der Waals surface area contributed by atoms with Gasteiger partial charge in [0.15, 0.2) is 5.92 Å². The minimum atomic E-state index is -5.67. The Labute approximate surface area is 202 Å². The Morgan fingerprint density at radius 3 is 2.14 bits per heavy atom. The molecular weight excluding hydrogens is 506 g/mol. The summed E-state index contributed by atoms with van der Waals surface area (Å²) in [6.45, 7) is 2.07. The molecule has 0 saturated carbocycles. The van der Waals surface area contributed by atoms with Gasteiger partial charge in [-0.05, 0) is 17.7 Å². The van der Waals surface area contributed by atoms with E-state index in [1.165, 1.54) is 11.8 Å². The highest BCUT2D eigenvalue weighted by Gasteiger charge is 2.62. The van der Waals surface area contributed by atoms with Gasteiger partial charge in [-0.2, -0.15) is 26.3 Å². The topological polar surface area (TPSA) is 67.3 Å². The Morgan fingerprint density at radius 2 is 1.63 bits per heavy atom. The maximum atomic E-state index is 13.4. The molecule has 0 radical (unpaired) electrons. The van der Waals surface area contributed by atoms with E-state index in [9.17, 15) is 41.0 Å². The van der Waals surface area contributed by atoms with Crippen LogP contribution in [0.4, 0.5) is 36.8 Å². The molecule has 1 atom stereocenters. The molecule has 3 rings (SSSR count). The lowest BCUT2D eigenvalue weighted by Gasteiger charge is -2.44. The molecule has 2 saturated heterocycles. The normalized spacial score (nSPS) is 20.5. The molecule has 2 heterocycles. The van der Waals surface area contributed by atoms with Crippen LogP contribution in [0.15, 0.2) is 18.2 Å². The standard InChI is InChI=1S/C21H25ClF6N4O3/c1-13(33)30-5-7-31(8-6-30)16-10-15(22)3-2-14(16)11-29-4-9-32(19(34)35)17(12-29)18(20(23,24)25)21(26,27)28/h2-3,10,17-18H,4-9,11-12H2,1H3,(H,34,35). The Hall–Kier alpha value is -2.41. The number of benzene rings is 1. The van der Waals surface area contributed by atoms with E-state index >= 15 is 0 Å². The van der Waals surface area contributed by atoms with Crippen molar-refractivity contribution in [3.63, 3.8) is 0 Å². The van der Waals surface area contributed by atoms with Gasteiger partial charge in [0.1, 0.15) is 0 Å². The van der Waals surface area contributed by atoms with E-state index < -0.39 is 43.5 Å². The molecule has 0 bridgehead atoms. The highest BCUT2D eigenvalue weighted by molar-refractivity contribution is 6.30. The molecule has 35 heavy (non-hydrogen) atoms. The summed E-state index contributed by atoms with van der Waals surface area (Å²) in [7, 11) is 0. The van der Waals surface area contributed by atoms with Crippen molar-refractivity contribution < 1.29 is 41.0 Å². The van der Waals surface area contributed by atoms with Crippen LogP contribution in [-0.2, 0) is 11.3 Å². The van der Waals surface area contributed by atoms with E-state index in [0.29, 0.717) is 42.5 Å². The molecule has 2 aliphatic rings. The molecular formula is C21H25ClF6N4O3. The Morgan fingerprint density at radius 1 is 1.03 bits per heavy atom. The molecule has 2 amide bonds. The second-order valence-corrected chi connectivity index (χ2v) is 9.04. The molecule has 7 nitrogen and oxygen atoms in total. The summed E-state index contributed by atoms with van der Waals surface area (Å²) in [5.41, 5.74) is 1.30. The zero-order valence-electron chi connectivity index (χ0n) is 18.7. The number of carbonyl (C=O) groups is 2. The molecule has 0 aliphatic carbocycles. The van der Waals surface area contributed by atoms with Gasteiger partial charge in [0.25, 0.3) is 0 Å². The van der Waals surface area contributed by atoms with Gasteiger partial charge in [-0.25, -0.2) is 4.79 Å². The van der Waals surface area contributed by atoms with Crippen molar-refractivity contribution >= 4 is 29.3 Å². The van der Waals surface area contributed by atoms with Crippen LogP contribution in [0.2, 0.25) is 5.02 Å². The van der Waals surface area contributed by atoms with E-state index in [0.717, 1.165) is 0 Å². The summed E-state index contributed by atoms with van der Waals surface area (Å²) in [6, 6.07) is 2.56. The van der Waals surface area contributed by atoms with Gasteiger partial charge < -0.3 is 19.8 Å². The van der Waals surface area contributed by atoms with E-state index in [-0.39, 0.29) is 23.9 Å². The predicted molar refractivity (Wildman–Crippen MR) is 115 cm³/mol. The maximum Gasteiger partial charge on any atom is 0.407 e. The quantitative estimate of drug-likeness (QED) is 0.598. The predicted octanol–water partition coefficient (Wildman–Crippen LogP) is 3.91. The second-order valence-electron chi connectivity index (χ2n) is 8.61. The first-order chi connectivity index (χ1) is 16.2. The number of carboxylic acid groups (broad SMARTS) is 1. The summed E-state index contributed by atoms with van der Waals surface area (Å²) >= 11 is 6.15.